The Bertz CT molecular complexity index is 538. The average Bonchev–Trinajstić information content (AvgIpc) is 3.29. The molecule has 0 unspecified atom stereocenters. The third-order valence-electron chi connectivity index (χ3n) is 4.29. The Hall–Kier alpha value is -1.88. The highest BCUT2D eigenvalue weighted by Crippen LogP contribution is 2.47. The minimum atomic E-state index is -0.962. The van der Waals surface area contributed by atoms with E-state index in [-0.39, 0.29) is 18.0 Å². The van der Waals surface area contributed by atoms with Gasteiger partial charge in [0, 0.05) is 6.04 Å². The van der Waals surface area contributed by atoms with Crippen molar-refractivity contribution >= 4 is 11.9 Å². The average molecular weight is 304 g/mol. The van der Waals surface area contributed by atoms with E-state index in [1.165, 1.54) is 7.11 Å². The molecule has 22 heavy (non-hydrogen) atoms. The molecule has 0 aliphatic heterocycles. The highest BCUT2D eigenvalue weighted by molar-refractivity contribution is 6.05. The molecule has 1 aliphatic rings. The Morgan fingerprint density at radius 3 is 2.27 bits per heavy atom. The molecule has 1 fully saturated rings. The van der Waals surface area contributed by atoms with Crippen molar-refractivity contribution in [2.45, 2.75) is 31.8 Å². The first-order valence-electron chi connectivity index (χ1n) is 7.53. The minimum absolute atomic E-state index is 0.0404. The topological polar surface area (TPSA) is 58.6 Å². The van der Waals surface area contributed by atoms with Gasteiger partial charge in [0.1, 0.15) is 5.41 Å². The molecule has 1 amide bonds. The summed E-state index contributed by atoms with van der Waals surface area (Å²) in [6.45, 7) is 1.96. The predicted octanol–water partition coefficient (Wildman–Crippen LogP) is 1.75. The lowest BCUT2D eigenvalue weighted by atomic mass is 9.98. The molecule has 1 aromatic carbocycles. The molecule has 0 bridgehead atoms. The molecular formula is C17H24N2O3. The summed E-state index contributed by atoms with van der Waals surface area (Å²) >= 11 is 0. The Morgan fingerprint density at radius 1 is 1.23 bits per heavy atom. The summed E-state index contributed by atoms with van der Waals surface area (Å²) in [6.07, 6.45) is 1.13. The van der Waals surface area contributed by atoms with Gasteiger partial charge < -0.3 is 15.0 Å². The van der Waals surface area contributed by atoms with Gasteiger partial charge in [-0.3, -0.25) is 9.59 Å². The number of rotatable bonds is 6. The number of methoxy groups -OCH3 is 1. The lowest BCUT2D eigenvalue weighted by Gasteiger charge is -2.32. The molecule has 5 heteroatoms. The highest BCUT2D eigenvalue weighted by Gasteiger charge is 2.58. The van der Waals surface area contributed by atoms with Crippen LogP contribution >= 0.6 is 0 Å². The van der Waals surface area contributed by atoms with E-state index < -0.39 is 11.4 Å². The normalized spacial score (nSPS) is 18.4. The number of carbonyl (C=O) groups is 2. The Kier molecular flexibility index (Phi) is 4.86. The molecule has 0 radical (unpaired) electrons. The van der Waals surface area contributed by atoms with Crippen LogP contribution in [0.1, 0.15) is 31.4 Å². The van der Waals surface area contributed by atoms with Crippen LogP contribution in [0.2, 0.25) is 0 Å². The number of amides is 1. The fourth-order valence-corrected chi connectivity index (χ4v) is 2.95. The van der Waals surface area contributed by atoms with Crippen LogP contribution in [0.5, 0.6) is 0 Å². The molecule has 0 heterocycles. The molecule has 0 saturated heterocycles. The lowest BCUT2D eigenvalue weighted by molar-refractivity contribution is -0.152. The maximum absolute atomic E-state index is 12.5. The third-order valence-corrected chi connectivity index (χ3v) is 4.29. The molecule has 2 atom stereocenters. The summed E-state index contributed by atoms with van der Waals surface area (Å²) in [7, 11) is 5.28. The first-order valence-corrected chi connectivity index (χ1v) is 7.53. The number of nitrogens with zero attached hydrogens (tertiary/aromatic N) is 1. The van der Waals surface area contributed by atoms with Gasteiger partial charge >= 0.3 is 5.97 Å². The van der Waals surface area contributed by atoms with Gasteiger partial charge in [-0.2, -0.15) is 0 Å². The smallest absolute Gasteiger partial charge is 0.321 e. The van der Waals surface area contributed by atoms with Crippen molar-refractivity contribution in [2.75, 3.05) is 21.2 Å². The van der Waals surface area contributed by atoms with E-state index in [4.69, 9.17) is 4.74 Å². The van der Waals surface area contributed by atoms with E-state index in [0.717, 1.165) is 5.56 Å². The number of hydrogen-bond acceptors (Lipinski definition) is 4. The summed E-state index contributed by atoms with van der Waals surface area (Å²) in [5.41, 5.74) is 0.166. The number of benzene rings is 1. The number of ether oxygens (including phenoxy) is 1. The molecular weight excluding hydrogens is 280 g/mol. The fourth-order valence-electron chi connectivity index (χ4n) is 2.95. The van der Waals surface area contributed by atoms with E-state index in [2.05, 4.69) is 10.2 Å². The van der Waals surface area contributed by atoms with Crippen molar-refractivity contribution in [2.24, 2.45) is 5.41 Å². The van der Waals surface area contributed by atoms with Gasteiger partial charge in [0.05, 0.1) is 13.2 Å². The zero-order valence-electron chi connectivity index (χ0n) is 13.6. The number of carbonyl (C=O) groups excluding carboxylic acids is 2. The fraction of sp³-hybridized carbons (Fsp3) is 0.529. The van der Waals surface area contributed by atoms with Crippen LogP contribution < -0.4 is 5.32 Å². The maximum Gasteiger partial charge on any atom is 0.321 e. The number of hydrogen-bond donors (Lipinski definition) is 1. The first-order chi connectivity index (χ1) is 10.4. The van der Waals surface area contributed by atoms with Crippen LogP contribution in [0.25, 0.3) is 0 Å². The molecule has 2 rings (SSSR count). The van der Waals surface area contributed by atoms with E-state index in [9.17, 15) is 9.59 Å². The second kappa shape index (κ2) is 6.48. The highest BCUT2D eigenvalue weighted by atomic mass is 16.5. The quantitative estimate of drug-likeness (QED) is 0.642. The number of likely N-dealkylation sites (N-methyl/N-ethyl adjacent to an activating group) is 1. The van der Waals surface area contributed by atoms with Crippen molar-refractivity contribution in [1.29, 1.82) is 0 Å². The van der Waals surface area contributed by atoms with Crippen LogP contribution in [0.4, 0.5) is 0 Å². The molecule has 0 spiro atoms. The van der Waals surface area contributed by atoms with Crippen LogP contribution in [0.15, 0.2) is 30.3 Å². The van der Waals surface area contributed by atoms with Gasteiger partial charge in [0.2, 0.25) is 5.91 Å². The summed E-state index contributed by atoms with van der Waals surface area (Å²) in [5.74, 6) is -0.659. The molecule has 5 nitrogen and oxygen atoms in total. The summed E-state index contributed by atoms with van der Waals surface area (Å²) < 4.78 is 4.76. The SMILES string of the molecule is COC(=O)C1(C(=O)N[C@H](C)[C@@H](c2ccccc2)N(C)C)CC1. The van der Waals surface area contributed by atoms with E-state index in [1.807, 2.05) is 51.4 Å². The second-order valence-corrected chi connectivity index (χ2v) is 6.15. The Labute approximate surface area is 131 Å². The van der Waals surface area contributed by atoms with Gasteiger partial charge in [0.15, 0.2) is 0 Å². The van der Waals surface area contributed by atoms with Crippen LogP contribution in [-0.2, 0) is 14.3 Å². The van der Waals surface area contributed by atoms with E-state index in [1.54, 1.807) is 0 Å². The Balaban J connectivity index is 2.11. The van der Waals surface area contributed by atoms with Crippen molar-refractivity contribution in [1.82, 2.24) is 10.2 Å². The number of esters is 1. The molecule has 1 aliphatic carbocycles. The second-order valence-electron chi connectivity index (χ2n) is 6.15. The third kappa shape index (κ3) is 3.14. The summed E-state index contributed by atoms with van der Waals surface area (Å²) in [6, 6.07) is 9.94. The largest absolute Gasteiger partial charge is 0.468 e. The monoisotopic (exact) mass is 304 g/mol. The van der Waals surface area contributed by atoms with Crippen molar-refractivity contribution in [3.05, 3.63) is 35.9 Å². The van der Waals surface area contributed by atoms with Crippen LogP contribution in [-0.4, -0.2) is 44.0 Å². The van der Waals surface area contributed by atoms with Gasteiger partial charge in [0.25, 0.3) is 0 Å². The standard InChI is InChI=1S/C17H24N2O3/c1-12(14(19(2)3)13-8-6-5-7-9-13)18-15(20)17(10-11-17)16(21)22-4/h5-9,12,14H,10-11H2,1-4H3,(H,18,20)/t12-,14+/m1/s1. The maximum atomic E-state index is 12.5. The zero-order valence-corrected chi connectivity index (χ0v) is 13.6. The minimum Gasteiger partial charge on any atom is -0.468 e. The molecule has 1 saturated carbocycles. The van der Waals surface area contributed by atoms with Crippen molar-refractivity contribution < 1.29 is 14.3 Å². The molecule has 1 aromatic rings. The predicted molar refractivity (Wildman–Crippen MR) is 84.2 cm³/mol. The first kappa shape index (κ1) is 16.5. The summed E-state index contributed by atoms with van der Waals surface area (Å²) in [4.78, 5) is 26.3. The molecule has 1 N–H and O–H groups in total. The molecule has 0 aromatic heterocycles. The van der Waals surface area contributed by atoms with Gasteiger partial charge in [-0.25, -0.2) is 0 Å². The van der Waals surface area contributed by atoms with E-state index in [0.29, 0.717) is 12.8 Å². The van der Waals surface area contributed by atoms with Crippen molar-refractivity contribution in [3.63, 3.8) is 0 Å². The van der Waals surface area contributed by atoms with Crippen molar-refractivity contribution in [3.8, 4) is 0 Å². The van der Waals surface area contributed by atoms with E-state index >= 15 is 0 Å². The molecule has 120 valence electrons. The van der Waals surface area contributed by atoms with Crippen LogP contribution in [0.3, 0.4) is 0 Å². The van der Waals surface area contributed by atoms with Gasteiger partial charge in [-0.15, -0.1) is 0 Å². The summed E-state index contributed by atoms with van der Waals surface area (Å²) in [5, 5.41) is 3.00. The van der Waals surface area contributed by atoms with Crippen LogP contribution in [0, 0.1) is 5.41 Å². The van der Waals surface area contributed by atoms with Gasteiger partial charge in [-0.1, -0.05) is 30.3 Å². The zero-order chi connectivity index (χ0) is 16.3. The number of nitrogens with one attached hydrogen (secondary N) is 1. The Morgan fingerprint density at radius 2 is 1.82 bits per heavy atom. The lowest BCUT2D eigenvalue weighted by Crippen LogP contribution is -2.47. The van der Waals surface area contributed by atoms with Gasteiger partial charge in [-0.05, 0) is 39.4 Å².